The number of nitrogens with zero attached hydrogens (tertiary/aromatic N) is 1. The summed E-state index contributed by atoms with van der Waals surface area (Å²) in [5, 5.41) is 14.2. The van der Waals surface area contributed by atoms with Crippen molar-refractivity contribution in [1.82, 2.24) is 10.2 Å². The lowest BCUT2D eigenvalue weighted by molar-refractivity contribution is -0.157. The van der Waals surface area contributed by atoms with Crippen molar-refractivity contribution in [2.75, 3.05) is 19.6 Å². The highest BCUT2D eigenvalue weighted by Crippen LogP contribution is 2.25. The second-order valence-electron chi connectivity index (χ2n) is 7.62. The molecule has 1 aliphatic carbocycles. The maximum atomic E-state index is 13.0. The molecule has 2 N–H and O–H groups in total. The molecule has 0 radical (unpaired) electrons. The lowest BCUT2D eigenvalue weighted by Crippen LogP contribution is -2.58. The molecule has 1 aliphatic heterocycles. The Morgan fingerprint density at radius 1 is 1.16 bits per heavy atom. The van der Waals surface area contributed by atoms with Crippen molar-refractivity contribution in [2.45, 2.75) is 57.1 Å². The molecule has 0 unspecified atom stereocenters. The van der Waals surface area contributed by atoms with E-state index >= 15 is 0 Å². The minimum absolute atomic E-state index is 0.209. The van der Waals surface area contributed by atoms with Crippen molar-refractivity contribution in [2.24, 2.45) is 5.92 Å². The van der Waals surface area contributed by atoms with Gasteiger partial charge >= 0.3 is 0 Å². The predicted molar refractivity (Wildman–Crippen MR) is 95.4 cm³/mol. The van der Waals surface area contributed by atoms with Crippen molar-refractivity contribution in [1.29, 1.82) is 0 Å². The molecule has 3 rings (SSSR count). The number of carbonyl (C=O) groups is 1. The fourth-order valence-corrected chi connectivity index (χ4v) is 4.06. The van der Waals surface area contributed by atoms with Crippen molar-refractivity contribution in [3.05, 3.63) is 35.6 Å². The Morgan fingerprint density at radius 3 is 2.60 bits per heavy atom. The minimum atomic E-state index is -1.31. The van der Waals surface area contributed by atoms with Gasteiger partial charge < -0.3 is 15.3 Å². The minimum Gasteiger partial charge on any atom is -0.379 e. The number of aliphatic hydroxyl groups is 1. The molecule has 25 heavy (non-hydrogen) atoms. The first-order chi connectivity index (χ1) is 12.1. The van der Waals surface area contributed by atoms with Crippen molar-refractivity contribution in [3.8, 4) is 0 Å². The second-order valence-corrected chi connectivity index (χ2v) is 7.62. The highest BCUT2D eigenvalue weighted by Gasteiger charge is 2.41. The Bertz CT molecular complexity index is 572. The standard InChI is InChI=1S/C20H29FN2O2/c21-18-9-7-17(8-10-18)14-23-12-4-11-20(25,19(23)24)15-22-13-16-5-2-1-3-6-16/h7-10,16,22,25H,1-6,11-15H2/t20-/m0/s1. The van der Waals surface area contributed by atoms with Crippen molar-refractivity contribution >= 4 is 5.91 Å². The van der Waals surface area contributed by atoms with E-state index in [0.29, 0.717) is 32.0 Å². The molecular formula is C20H29FN2O2. The van der Waals surface area contributed by atoms with E-state index in [0.717, 1.165) is 18.5 Å². The third kappa shape index (κ3) is 4.79. The molecule has 0 bridgehead atoms. The molecule has 1 aromatic carbocycles. The first-order valence-electron chi connectivity index (χ1n) is 9.54. The predicted octanol–water partition coefficient (Wildman–Crippen LogP) is 2.85. The van der Waals surface area contributed by atoms with Gasteiger partial charge in [-0.25, -0.2) is 4.39 Å². The van der Waals surface area contributed by atoms with Gasteiger partial charge in [0.25, 0.3) is 5.91 Å². The molecule has 2 fully saturated rings. The van der Waals surface area contributed by atoms with Gasteiger partial charge in [-0.1, -0.05) is 31.4 Å². The molecule has 138 valence electrons. The zero-order valence-electron chi connectivity index (χ0n) is 14.8. The average molecular weight is 348 g/mol. The van der Waals surface area contributed by atoms with E-state index in [1.807, 2.05) is 0 Å². The summed E-state index contributed by atoms with van der Waals surface area (Å²) in [6.07, 6.45) is 7.70. The Balaban J connectivity index is 1.53. The van der Waals surface area contributed by atoms with Gasteiger partial charge in [-0.15, -0.1) is 0 Å². The molecule has 1 saturated carbocycles. The van der Waals surface area contributed by atoms with Crippen LogP contribution in [0.15, 0.2) is 24.3 Å². The van der Waals surface area contributed by atoms with Crippen LogP contribution >= 0.6 is 0 Å². The summed E-state index contributed by atoms with van der Waals surface area (Å²) in [5.41, 5.74) is -0.429. The topological polar surface area (TPSA) is 52.6 Å². The summed E-state index contributed by atoms with van der Waals surface area (Å²) in [6.45, 7) is 2.26. The number of nitrogens with one attached hydrogen (secondary N) is 1. The van der Waals surface area contributed by atoms with E-state index in [9.17, 15) is 14.3 Å². The van der Waals surface area contributed by atoms with E-state index in [1.165, 1.54) is 44.2 Å². The lowest BCUT2D eigenvalue weighted by Gasteiger charge is -2.38. The molecule has 1 heterocycles. The fourth-order valence-electron chi connectivity index (χ4n) is 4.06. The Hall–Kier alpha value is -1.46. The van der Waals surface area contributed by atoms with Crippen molar-refractivity contribution < 1.29 is 14.3 Å². The molecule has 0 spiro atoms. The smallest absolute Gasteiger partial charge is 0.256 e. The zero-order chi connectivity index (χ0) is 17.7. The maximum Gasteiger partial charge on any atom is 0.256 e. The van der Waals surface area contributed by atoms with E-state index in [1.54, 1.807) is 17.0 Å². The van der Waals surface area contributed by atoms with Gasteiger partial charge in [-0.2, -0.15) is 0 Å². The van der Waals surface area contributed by atoms with Crippen LogP contribution in [0.3, 0.4) is 0 Å². The molecule has 1 atom stereocenters. The average Bonchev–Trinajstić information content (AvgIpc) is 2.62. The number of hydrogen-bond acceptors (Lipinski definition) is 3. The first kappa shape index (κ1) is 18.3. The number of amides is 1. The molecule has 4 nitrogen and oxygen atoms in total. The quantitative estimate of drug-likeness (QED) is 0.831. The summed E-state index contributed by atoms with van der Waals surface area (Å²) in [4.78, 5) is 14.5. The number of benzene rings is 1. The monoisotopic (exact) mass is 348 g/mol. The van der Waals surface area contributed by atoms with E-state index in [-0.39, 0.29) is 11.7 Å². The first-order valence-corrected chi connectivity index (χ1v) is 9.54. The van der Waals surface area contributed by atoms with Gasteiger partial charge in [0.1, 0.15) is 5.82 Å². The van der Waals surface area contributed by atoms with E-state index in [2.05, 4.69) is 5.32 Å². The van der Waals surface area contributed by atoms with Crippen molar-refractivity contribution in [3.63, 3.8) is 0 Å². The summed E-state index contributed by atoms with van der Waals surface area (Å²) >= 11 is 0. The number of halogens is 1. The summed E-state index contributed by atoms with van der Waals surface area (Å²) in [5.74, 6) is 0.183. The summed E-state index contributed by atoms with van der Waals surface area (Å²) < 4.78 is 13.0. The maximum absolute atomic E-state index is 13.0. The number of carbonyl (C=O) groups excluding carboxylic acids is 1. The van der Waals surface area contributed by atoms with Gasteiger partial charge in [0.15, 0.2) is 5.60 Å². The van der Waals surface area contributed by atoms with E-state index in [4.69, 9.17) is 0 Å². The third-order valence-corrected chi connectivity index (χ3v) is 5.57. The van der Waals surface area contributed by atoms with Crippen LogP contribution in [0, 0.1) is 11.7 Å². The molecule has 0 aromatic heterocycles. The highest BCUT2D eigenvalue weighted by molar-refractivity contribution is 5.86. The molecule has 1 aromatic rings. The zero-order valence-corrected chi connectivity index (χ0v) is 14.8. The second kappa shape index (κ2) is 8.28. The number of likely N-dealkylation sites (tertiary alicyclic amines) is 1. The Labute approximate surface area is 149 Å². The van der Waals surface area contributed by atoms with Crippen LogP contribution in [-0.4, -0.2) is 41.1 Å². The van der Waals surface area contributed by atoms with Gasteiger partial charge in [0, 0.05) is 19.6 Å². The molecule has 1 amide bonds. The number of hydrogen-bond donors (Lipinski definition) is 2. The summed E-state index contributed by atoms with van der Waals surface area (Å²) in [7, 11) is 0. The third-order valence-electron chi connectivity index (χ3n) is 5.57. The van der Waals surface area contributed by atoms with Gasteiger partial charge in [-0.05, 0) is 55.8 Å². The number of rotatable bonds is 6. The molecule has 5 heteroatoms. The van der Waals surface area contributed by atoms with Crippen LogP contribution in [0.4, 0.5) is 4.39 Å². The van der Waals surface area contributed by atoms with Crippen LogP contribution in [0.1, 0.15) is 50.5 Å². The SMILES string of the molecule is O=C1N(Cc2ccc(F)cc2)CCC[C@]1(O)CNCC1CCCCC1. The van der Waals surface area contributed by atoms with Gasteiger partial charge in [-0.3, -0.25) is 4.79 Å². The summed E-state index contributed by atoms with van der Waals surface area (Å²) in [6, 6.07) is 6.19. The van der Waals surface area contributed by atoms with Crippen LogP contribution < -0.4 is 5.32 Å². The van der Waals surface area contributed by atoms with Crippen LogP contribution in [0.25, 0.3) is 0 Å². The molecular weight excluding hydrogens is 319 g/mol. The van der Waals surface area contributed by atoms with E-state index < -0.39 is 5.60 Å². The lowest BCUT2D eigenvalue weighted by atomic mass is 9.88. The fraction of sp³-hybridized carbons (Fsp3) is 0.650. The van der Waals surface area contributed by atoms with Gasteiger partial charge in [0.2, 0.25) is 0 Å². The van der Waals surface area contributed by atoms with Crippen LogP contribution in [0.5, 0.6) is 0 Å². The Morgan fingerprint density at radius 2 is 1.88 bits per heavy atom. The number of piperidine rings is 1. The normalized spacial score (nSPS) is 25.4. The highest BCUT2D eigenvalue weighted by atomic mass is 19.1. The Kier molecular flexibility index (Phi) is 6.07. The van der Waals surface area contributed by atoms with Gasteiger partial charge in [0.05, 0.1) is 0 Å². The molecule has 2 aliphatic rings. The van der Waals surface area contributed by atoms with Crippen LogP contribution in [-0.2, 0) is 11.3 Å². The largest absolute Gasteiger partial charge is 0.379 e. The van der Waals surface area contributed by atoms with Crippen LogP contribution in [0.2, 0.25) is 0 Å². The molecule has 1 saturated heterocycles.